The highest BCUT2D eigenvalue weighted by molar-refractivity contribution is 7.99. The fourth-order valence-electron chi connectivity index (χ4n) is 1.52. The number of thioether (sulfide) groups is 1. The zero-order valence-corrected chi connectivity index (χ0v) is 10.8. The number of anilines is 1. The highest BCUT2D eigenvalue weighted by Crippen LogP contribution is 2.15. The van der Waals surface area contributed by atoms with Gasteiger partial charge in [-0.05, 0) is 18.6 Å². The number of hydrogen-bond acceptors (Lipinski definition) is 3. The molecule has 0 atom stereocenters. The molecule has 2 aromatic rings. The average Bonchev–Trinajstić information content (AvgIpc) is 2.76. The van der Waals surface area contributed by atoms with Gasteiger partial charge < -0.3 is 9.88 Å². The minimum absolute atomic E-state index is 1.00. The van der Waals surface area contributed by atoms with E-state index in [1.165, 1.54) is 5.69 Å². The lowest BCUT2D eigenvalue weighted by Gasteiger charge is -2.05. The molecule has 1 N–H and O–H groups in total. The van der Waals surface area contributed by atoms with Crippen molar-refractivity contribution in [1.29, 1.82) is 0 Å². The molecule has 3 nitrogen and oxygen atoms in total. The van der Waals surface area contributed by atoms with Crippen LogP contribution in [0.1, 0.15) is 6.42 Å². The molecule has 0 amide bonds. The molecule has 0 spiro atoms. The molecule has 1 aromatic heterocycles. The second-order valence-corrected chi connectivity index (χ2v) is 4.88. The molecule has 90 valence electrons. The van der Waals surface area contributed by atoms with Gasteiger partial charge in [-0.15, -0.1) is 0 Å². The van der Waals surface area contributed by atoms with E-state index in [4.69, 9.17) is 0 Å². The predicted molar refractivity (Wildman–Crippen MR) is 73.5 cm³/mol. The lowest BCUT2D eigenvalue weighted by molar-refractivity contribution is 0.788. The molecule has 0 saturated heterocycles. The van der Waals surface area contributed by atoms with Gasteiger partial charge in [0.15, 0.2) is 5.16 Å². The predicted octanol–water partition coefficient (Wildman–Crippen LogP) is 3.01. The number of hydrogen-bond donors (Lipinski definition) is 1. The smallest absolute Gasteiger partial charge is 0.167 e. The highest BCUT2D eigenvalue weighted by atomic mass is 32.2. The number of aromatic nitrogens is 2. The van der Waals surface area contributed by atoms with Crippen LogP contribution < -0.4 is 5.32 Å². The number of nitrogens with one attached hydrogen (secondary N) is 1. The largest absolute Gasteiger partial charge is 0.385 e. The standard InChI is InChI=1S/C13H17N3S/c1-16-10-9-15-13(16)17-11-5-8-14-12-6-3-2-4-7-12/h2-4,6-7,9-10,14H,5,8,11H2,1H3. The maximum Gasteiger partial charge on any atom is 0.167 e. The van der Waals surface area contributed by atoms with Crippen molar-refractivity contribution in [2.24, 2.45) is 7.05 Å². The molecule has 0 unspecified atom stereocenters. The van der Waals surface area contributed by atoms with Gasteiger partial charge in [-0.2, -0.15) is 0 Å². The molecule has 0 aliphatic heterocycles. The van der Waals surface area contributed by atoms with Crippen LogP contribution in [-0.2, 0) is 7.05 Å². The number of rotatable bonds is 6. The first-order valence-electron chi connectivity index (χ1n) is 5.75. The lowest BCUT2D eigenvalue weighted by Crippen LogP contribution is -2.02. The monoisotopic (exact) mass is 247 g/mol. The molecule has 1 heterocycles. The Morgan fingerprint density at radius 1 is 1.29 bits per heavy atom. The van der Waals surface area contributed by atoms with E-state index in [9.17, 15) is 0 Å². The van der Waals surface area contributed by atoms with Gasteiger partial charge in [0.05, 0.1) is 0 Å². The van der Waals surface area contributed by atoms with Crippen molar-refractivity contribution in [1.82, 2.24) is 9.55 Å². The number of aryl methyl sites for hydroxylation is 1. The Balaban J connectivity index is 1.63. The van der Waals surface area contributed by atoms with E-state index in [1.807, 2.05) is 37.6 Å². The zero-order chi connectivity index (χ0) is 11.9. The Kier molecular flexibility index (Phi) is 4.50. The van der Waals surface area contributed by atoms with Gasteiger partial charge in [-0.1, -0.05) is 30.0 Å². The Morgan fingerprint density at radius 3 is 2.82 bits per heavy atom. The third-order valence-corrected chi connectivity index (χ3v) is 3.58. The van der Waals surface area contributed by atoms with E-state index < -0.39 is 0 Å². The summed E-state index contributed by atoms with van der Waals surface area (Å²) in [6, 6.07) is 10.3. The van der Waals surface area contributed by atoms with Crippen LogP contribution in [0.2, 0.25) is 0 Å². The van der Waals surface area contributed by atoms with Gasteiger partial charge in [0, 0.05) is 37.4 Å². The SMILES string of the molecule is Cn1ccnc1SCCCNc1ccccc1. The molecule has 0 aliphatic rings. The van der Waals surface area contributed by atoms with E-state index in [0.29, 0.717) is 0 Å². The number of para-hydroxylation sites is 1. The van der Waals surface area contributed by atoms with Crippen LogP contribution >= 0.6 is 11.8 Å². The van der Waals surface area contributed by atoms with Gasteiger partial charge in [0.1, 0.15) is 0 Å². The van der Waals surface area contributed by atoms with Crippen LogP contribution in [0.3, 0.4) is 0 Å². The van der Waals surface area contributed by atoms with E-state index >= 15 is 0 Å². The van der Waals surface area contributed by atoms with Crippen LogP contribution in [-0.4, -0.2) is 21.8 Å². The molecule has 2 rings (SSSR count). The third-order valence-electron chi connectivity index (χ3n) is 2.43. The molecule has 0 saturated carbocycles. The van der Waals surface area contributed by atoms with Crippen molar-refractivity contribution >= 4 is 17.4 Å². The van der Waals surface area contributed by atoms with Gasteiger partial charge in [0.2, 0.25) is 0 Å². The molecule has 0 fully saturated rings. The summed E-state index contributed by atoms with van der Waals surface area (Å²) in [5, 5.41) is 4.49. The maximum absolute atomic E-state index is 4.28. The van der Waals surface area contributed by atoms with E-state index in [1.54, 1.807) is 11.8 Å². The minimum atomic E-state index is 1.00. The fourth-order valence-corrected chi connectivity index (χ4v) is 2.39. The van der Waals surface area contributed by atoms with Gasteiger partial charge in [-0.3, -0.25) is 0 Å². The number of benzene rings is 1. The quantitative estimate of drug-likeness (QED) is 0.628. The number of nitrogens with zero attached hydrogens (tertiary/aromatic N) is 2. The van der Waals surface area contributed by atoms with Crippen molar-refractivity contribution < 1.29 is 0 Å². The highest BCUT2D eigenvalue weighted by Gasteiger charge is 1.98. The van der Waals surface area contributed by atoms with Gasteiger partial charge in [-0.25, -0.2) is 4.98 Å². The summed E-state index contributed by atoms with van der Waals surface area (Å²) in [7, 11) is 2.03. The Bertz CT molecular complexity index is 439. The van der Waals surface area contributed by atoms with E-state index in [-0.39, 0.29) is 0 Å². The first kappa shape index (κ1) is 12.0. The van der Waals surface area contributed by atoms with Crippen LogP contribution in [0.5, 0.6) is 0 Å². The van der Waals surface area contributed by atoms with Crippen molar-refractivity contribution in [2.45, 2.75) is 11.6 Å². The topological polar surface area (TPSA) is 29.9 Å². The van der Waals surface area contributed by atoms with Gasteiger partial charge >= 0.3 is 0 Å². The summed E-state index contributed by atoms with van der Waals surface area (Å²) < 4.78 is 2.05. The normalized spacial score (nSPS) is 10.4. The summed E-state index contributed by atoms with van der Waals surface area (Å²) in [6.07, 6.45) is 4.95. The van der Waals surface area contributed by atoms with Crippen molar-refractivity contribution in [3.63, 3.8) is 0 Å². The molecule has 4 heteroatoms. The zero-order valence-electron chi connectivity index (χ0n) is 9.97. The molecular weight excluding hydrogens is 230 g/mol. The van der Waals surface area contributed by atoms with Crippen molar-refractivity contribution in [2.75, 3.05) is 17.6 Å². The first-order chi connectivity index (χ1) is 8.36. The van der Waals surface area contributed by atoms with Crippen LogP contribution in [0.25, 0.3) is 0 Å². The summed E-state index contributed by atoms with van der Waals surface area (Å²) in [5.74, 6) is 1.09. The van der Waals surface area contributed by atoms with Crippen LogP contribution in [0.15, 0.2) is 47.9 Å². The van der Waals surface area contributed by atoms with Gasteiger partial charge in [0.25, 0.3) is 0 Å². The maximum atomic E-state index is 4.28. The Morgan fingerprint density at radius 2 is 2.12 bits per heavy atom. The fraction of sp³-hybridized carbons (Fsp3) is 0.308. The summed E-state index contributed by atoms with van der Waals surface area (Å²) in [6.45, 7) is 1.00. The molecule has 0 radical (unpaired) electrons. The molecule has 1 aromatic carbocycles. The lowest BCUT2D eigenvalue weighted by atomic mass is 10.3. The van der Waals surface area contributed by atoms with Crippen LogP contribution in [0, 0.1) is 0 Å². The second-order valence-electron chi connectivity index (χ2n) is 3.82. The molecule has 17 heavy (non-hydrogen) atoms. The third kappa shape index (κ3) is 3.82. The number of imidazole rings is 1. The average molecular weight is 247 g/mol. The second kappa shape index (κ2) is 6.35. The van der Waals surface area contributed by atoms with Crippen LogP contribution in [0.4, 0.5) is 5.69 Å². The Hall–Kier alpha value is -1.42. The van der Waals surface area contributed by atoms with Crippen molar-refractivity contribution in [3.05, 3.63) is 42.7 Å². The van der Waals surface area contributed by atoms with E-state index in [2.05, 4.69) is 27.0 Å². The molecule has 0 bridgehead atoms. The van der Waals surface area contributed by atoms with E-state index in [0.717, 1.165) is 23.9 Å². The molecular formula is C13H17N3S. The minimum Gasteiger partial charge on any atom is -0.385 e. The summed E-state index contributed by atoms with van der Waals surface area (Å²) in [4.78, 5) is 4.28. The Labute approximate surface area is 106 Å². The first-order valence-corrected chi connectivity index (χ1v) is 6.74. The summed E-state index contributed by atoms with van der Waals surface area (Å²) in [5.41, 5.74) is 1.19. The molecule has 0 aliphatic carbocycles. The van der Waals surface area contributed by atoms with Crippen molar-refractivity contribution in [3.8, 4) is 0 Å². The summed E-state index contributed by atoms with van der Waals surface area (Å²) >= 11 is 1.80.